The fourth-order valence-electron chi connectivity index (χ4n) is 1.83. The summed E-state index contributed by atoms with van der Waals surface area (Å²) in [5, 5.41) is 11.1. The van der Waals surface area contributed by atoms with Crippen LogP contribution in [0.3, 0.4) is 0 Å². The van der Waals surface area contributed by atoms with Crippen LogP contribution in [0.1, 0.15) is 23.7 Å². The molecule has 1 aromatic rings. The van der Waals surface area contributed by atoms with Crippen molar-refractivity contribution in [1.29, 1.82) is 0 Å². The number of carbonyl (C=O) groups excluding carboxylic acids is 1. The van der Waals surface area contributed by atoms with Crippen molar-refractivity contribution in [1.82, 2.24) is 4.90 Å². The minimum Gasteiger partial charge on any atom is -0.339 e. The molecule has 1 unspecified atom stereocenters. The predicted octanol–water partition coefficient (Wildman–Crippen LogP) is 2.09. The number of nitrogens with two attached hydrogens (primary N) is 1. The fraction of sp³-hybridized carbons (Fsp3) is 0.462. The Hall–Kier alpha value is -1.80. The van der Waals surface area contributed by atoms with Gasteiger partial charge in [0.25, 0.3) is 11.6 Å². The summed E-state index contributed by atoms with van der Waals surface area (Å²) in [5.41, 5.74) is 2.66. The average molecular weight is 312 g/mol. The second-order valence-corrected chi connectivity index (χ2v) is 5.67. The van der Waals surface area contributed by atoms with Crippen LogP contribution in [-0.4, -0.2) is 40.8 Å². The summed E-state index contributed by atoms with van der Waals surface area (Å²) in [7, 11) is 1.65. The van der Waals surface area contributed by atoms with E-state index < -0.39 is 4.92 Å². The first kappa shape index (κ1) is 17.3. The molecular formula is C13H20N4O3S. The molecule has 0 aliphatic heterocycles. The quantitative estimate of drug-likeness (QED) is 0.454. The topological polar surface area (TPSA) is 102 Å². The monoisotopic (exact) mass is 312 g/mol. The largest absolute Gasteiger partial charge is 0.339 e. The van der Waals surface area contributed by atoms with Gasteiger partial charge >= 0.3 is 0 Å². The van der Waals surface area contributed by atoms with Crippen LogP contribution in [0.2, 0.25) is 0 Å². The molecule has 0 fully saturated rings. The molecule has 0 aliphatic carbocycles. The molecule has 21 heavy (non-hydrogen) atoms. The number of nitro benzene ring substituents is 1. The second-order valence-electron chi connectivity index (χ2n) is 4.68. The van der Waals surface area contributed by atoms with Gasteiger partial charge in [-0.3, -0.25) is 20.8 Å². The number of amides is 1. The first-order chi connectivity index (χ1) is 9.92. The van der Waals surface area contributed by atoms with E-state index in [2.05, 4.69) is 5.43 Å². The summed E-state index contributed by atoms with van der Waals surface area (Å²) in [6, 6.07) is 4.15. The van der Waals surface area contributed by atoms with Crippen LogP contribution in [0.25, 0.3) is 0 Å². The number of benzene rings is 1. The highest BCUT2D eigenvalue weighted by molar-refractivity contribution is 7.98. The van der Waals surface area contributed by atoms with Gasteiger partial charge in [-0.25, -0.2) is 0 Å². The van der Waals surface area contributed by atoms with Crippen LogP contribution < -0.4 is 11.3 Å². The number of nitrogens with one attached hydrogen (secondary N) is 1. The van der Waals surface area contributed by atoms with Crippen LogP contribution in [0, 0.1) is 10.1 Å². The highest BCUT2D eigenvalue weighted by Gasteiger charge is 2.25. The molecular weight excluding hydrogens is 292 g/mol. The van der Waals surface area contributed by atoms with Gasteiger partial charge < -0.3 is 10.3 Å². The number of hydrogen-bond donors (Lipinski definition) is 2. The third-order valence-corrected chi connectivity index (χ3v) is 3.96. The van der Waals surface area contributed by atoms with Crippen molar-refractivity contribution < 1.29 is 9.72 Å². The van der Waals surface area contributed by atoms with Crippen molar-refractivity contribution in [3.05, 3.63) is 33.9 Å². The molecule has 0 saturated heterocycles. The average Bonchev–Trinajstić information content (AvgIpc) is 2.50. The standard InChI is InChI=1S/C13H20N4O3S/c1-9(6-7-21-3)16(2)13(18)11-8-10(15-14)4-5-12(11)17(19)20/h4-5,8-9,15H,6-7,14H2,1-3H3. The van der Waals surface area contributed by atoms with Crippen molar-refractivity contribution in [2.24, 2.45) is 5.84 Å². The molecule has 0 spiro atoms. The number of nitrogen functional groups attached to an aromatic ring is 1. The van der Waals surface area contributed by atoms with Gasteiger partial charge in [0.05, 0.1) is 4.92 Å². The Bertz CT molecular complexity index is 524. The molecule has 0 aliphatic rings. The van der Waals surface area contributed by atoms with Crippen molar-refractivity contribution in [3.63, 3.8) is 0 Å². The number of anilines is 1. The molecule has 3 N–H and O–H groups in total. The lowest BCUT2D eigenvalue weighted by molar-refractivity contribution is -0.385. The normalized spacial score (nSPS) is 11.8. The molecule has 116 valence electrons. The maximum absolute atomic E-state index is 12.5. The van der Waals surface area contributed by atoms with Gasteiger partial charge in [0, 0.05) is 24.8 Å². The number of carbonyl (C=O) groups is 1. The first-order valence-corrected chi connectivity index (χ1v) is 7.82. The SMILES string of the molecule is CSCCC(C)N(C)C(=O)c1cc(NN)ccc1[N+](=O)[O-]. The van der Waals surface area contributed by atoms with Crippen molar-refractivity contribution in [2.45, 2.75) is 19.4 Å². The Labute approximate surface area is 128 Å². The van der Waals surface area contributed by atoms with Gasteiger partial charge in [-0.1, -0.05) is 0 Å². The van der Waals surface area contributed by atoms with E-state index in [-0.39, 0.29) is 23.2 Å². The molecule has 0 saturated carbocycles. The smallest absolute Gasteiger partial charge is 0.282 e. The highest BCUT2D eigenvalue weighted by Crippen LogP contribution is 2.24. The molecule has 0 aromatic heterocycles. The molecule has 1 amide bonds. The Balaban J connectivity index is 3.06. The van der Waals surface area contributed by atoms with E-state index >= 15 is 0 Å². The van der Waals surface area contributed by atoms with Gasteiger partial charge in [-0.2, -0.15) is 11.8 Å². The van der Waals surface area contributed by atoms with E-state index in [4.69, 9.17) is 5.84 Å². The summed E-state index contributed by atoms with van der Waals surface area (Å²) in [6.07, 6.45) is 2.82. The van der Waals surface area contributed by atoms with Crippen molar-refractivity contribution >= 4 is 29.0 Å². The van der Waals surface area contributed by atoms with E-state index in [1.807, 2.05) is 13.2 Å². The van der Waals surface area contributed by atoms with E-state index in [1.54, 1.807) is 18.8 Å². The number of hydrazine groups is 1. The molecule has 0 heterocycles. The summed E-state index contributed by atoms with van der Waals surface area (Å²) in [5.74, 6) is 5.84. The zero-order valence-corrected chi connectivity index (χ0v) is 13.1. The van der Waals surface area contributed by atoms with Crippen LogP contribution in [-0.2, 0) is 0 Å². The van der Waals surface area contributed by atoms with Crippen LogP contribution in [0.15, 0.2) is 18.2 Å². The Morgan fingerprint density at radius 3 is 2.76 bits per heavy atom. The Kier molecular flexibility index (Phi) is 6.44. The van der Waals surface area contributed by atoms with E-state index in [1.165, 1.54) is 23.1 Å². The van der Waals surface area contributed by atoms with Gasteiger partial charge in [0.15, 0.2) is 0 Å². The molecule has 8 heteroatoms. The van der Waals surface area contributed by atoms with Gasteiger partial charge in [-0.05, 0) is 37.5 Å². The summed E-state index contributed by atoms with van der Waals surface area (Å²) < 4.78 is 0. The molecule has 1 aromatic carbocycles. The van der Waals surface area contributed by atoms with Gasteiger partial charge in [0.2, 0.25) is 0 Å². The van der Waals surface area contributed by atoms with Gasteiger partial charge in [0.1, 0.15) is 5.56 Å². The first-order valence-electron chi connectivity index (χ1n) is 6.43. The lowest BCUT2D eigenvalue weighted by Gasteiger charge is -2.25. The molecule has 0 bridgehead atoms. The molecule has 1 atom stereocenters. The summed E-state index contributed by atoms with van der Waals surface area (Å²) >= 11 is 1.70. The third-order valence-electron chi connectivity index (χ3n) is 3.31. The zero-order valence-electron chi connectivity index (χ0n) is 12.3. The third kappa shape index (κ3) is 4.33. The highest BCUT2D eigenvalue weighted by atomic mass is 32.2. The lowest BCUT2D eigenvalue weighted by Crippen LogP contribution is -2.35. The van der Waals surface area contributed by atoms with Crippen molar-refractivity contribution in [2.75, 3.05) is 24.5 Å². The minimum absolute atomic E-state index is 0.000883. The number of nitro groups is 1. The Morgan fingerprint density at radius 2 is 2.24 bits per heavy atom. The fourth-order valence-corrected chi connectivity index (χ4v) is 2.41. The van der Waals surface area contributed by atoms with Gasteiger partial charge in [-0.15, -0.1) is 0 Å². The molecule has 0 radical (unpaired) electrons. The minimum atomic E-state index is -0.562. The predicted molar refractivity (Wildman–Crippen MR) is 85.5 cm³/mol. The van der Waals surface area contributed by atoms with Crippen molar-refractivity contribution in [3.8, 4) is 0 Å². The van der Waals surface area contributed by atoms with Crippen LogP contribution in [0.4, 0.5) is 11.4 Å². The summed E-state index contributed by atoms with van der Waals surface area (Å²) in [6.45, 7) is 1.92. The maximum Gasteiger partial charge on any atom is 0.282 e. The Morgan fingerprint density at radius 1 is 1.57 bits per heavy atom. The number of hydrogen-bond acceptors (Lipinski definition) is 6. The summed E-state index contributed by atoms with van der Waals surface area (Å²) in [4.78, 5) is 24.5. The second kappa shape index (κ2) is 7.84. The van der Waals surface area contributed by atoms with Crippen LogP contribution >= 0.6 is 11.8 Å². The number of rotatable bonds is 7. The van der Waals surface area contributed by atoms with E-state index in [9.17, 15) is 14.9 Å². The maximum atomic E-state index is 12.5. The van der Waals surface area contributed by atoms with Crippen LogP contribution in [0.5, 0.6) is 0 Å². The van der Waals surface area contributed by atoms with E-state index in [0.29, 0.717) is 5.69 Å². The number of nitrogens with zero attached hydrogens (tertiary/aromatic N) is 2. The zero-order chi connectivity index (χ0) is 16.0. The van der Waals surface area contributed by atoms with E-state index in [0.717, 1.165) is 12.2 Å². The lowest BCUT2D eigenvalue weighted by atomic mass is 10.1. The number of thioether (sulfide) groups is 1. The molecule has 7 nitrogen and oxygen atoms in total. The molecule has 1 rings (SSSR count).